The molecule has 1 aromatic carbocycles. The van der Waals surface area contributed by atoms with Crippen LogP contribution in [0.2, 0.25) is 0 Å². The highest BCUT2D eigenvalue weighted by Gasteiger charge is 2.40. The van der Waals surface area contributed by atoms with E-state index in [0.29, 0.717) is 23.7 Å². The fourth-order valence-corrected chi connectivity index (χ4v) is 3.08. The van der Waals surface area contributed by atoms with E-state index in [4.69, 9.17) is 5.11 Å². The second-order valence-corrected chi connectivity index (χ2v) is 6.26. The van der Waals surface area contributed by atoms with Crippen LogP contribution >= 0.6 is 0 Å². The average molecular weight is 329 g/mol. The number of fused-ring (bicyclic) bond motifs is 1. The number of hydrogen-bond acceptors (Lipinski definition) is 4. The van der Waals surface area contributed by atoms with Crippen molar-refractivity contribution in [2.24, 2.45) is 0 Å². The van der Waals surface area contributed by atoms with Gasteiger partial charge in [-0.3, -0.25) is 19.0 Å². The largest absolute Gasteiger partial charge is 0.481 e. The molecular weight excluding hydrogens is 310 g/mol. The first kappa shape index (κ1) is 16.2. The first-order valence-electron chi connectivity index (χ1n) is 7.96. The zero-order chi connectivity index (χ0) is 17.2. The molecule has 2 N–H and O–H groups in total. The van der Waals surface area contributed by atoms with E-state index in [1.165, 1.54) is 10.9 Å². The smallest absolute Gasteiger partial charge is 0.305 e. The third-order valence-electron chi connectivity index (χ3n) is 4.52. The Morgan fingerprint density at radius 2 is 2.04 bits per heavy atom. The van der Waals surface area contributed by atoms with Gasteiger partial charge >= 0.3 is 5.97 Å². The highest BCUT2D eigenvalue weighted by atomic mass is 16.4. The minimum absolute atomic E-state index is 0.0593. The van der Waals surface area contributed by atoms with E-state index in [-0.39, 0.29) is 30.9 Å². The topological polar surface area (TPSA) is 101 Å². The molecule has 1 amide bonds. The Balaban J connectivity index is 1.65. The number of aromatic nitrogens is 2. The summed E-state index contributed by atoms with van der Waals surface area (Å²) in [6.07, 6.45) is 3.78. The summed E-state index contributed by atoms with van der Waals surface area (Å²) in [5.41, 5.74) is -0.175. The zero-order valence-electron chi connectivity index (χ0n) is 13.2. The monoisotopic (exact) mass is 329 g/mol. The fraction of sp³-hybridized carbons (Fsp3) is 0.412. The van der Waals surface area contributed by atoms with Crippen LogP contribution in [0.4, 0.5) is 0 Å². The summed E-state index contributed by atoms with van der Waals surface area (Å²) in [6, 6.07) is 7.05. The molecule has 1 heterocycles. The lowest BCUT2D eigenvalue weighted by Crippen LogP contribution is -2.54. The lowest BCUT2D eigenvalue weighted by Gasteiger charge is -2.41. The Hall–Kier alpha value is -2.70. The van der Waals surface area contributed by atoms with Crippen molar-refractivity contribution < 1.29 is 14.7 Å². The summed E-state index contributed by atoms with van der Waals surface area (Å²) in [5.74, 6) is -1.15. The van der Waals surface area contributed by atoms with Crippen LogP contribution < -0.4 is 10.9 Å². The third-order valence-corrected chi connectivity index (χ3v) is 4.52. The van der Waals surface area contributed by atoms with Gasteiger partial charge < -0.3 is 10.4 Å². The number of hydrogen-bond donors (Lipinski definition) is 2. The number of carbonyl (C=O) groups is 2. The minimum Gasteiger partial charge on any atom is -0.481 e. The Morgan fingerprint density at radius 1 is 1.29 bits per heavy atom. The molecule has 0 saturated heterocycles. The number of aliphatic carboxylic acids is 1. The normalized spacial score (nSPS) is 15.7. The first-order chi connectivity index (χ1) is 11.5. The molecule has 7 nitrogen and oxygen atoms in total. The van der Waals surface area contributed by atoms with Gasteiger partial charge in [-0.15, -0.1) is 0 Å². The van der Waals surface area contributed by atoms with Crippen molar-refractivity contribution in [2.45, 2.75) is 44.2 Å². The number of nitrogens with one attached hydrogen (secondary N) is 1. The SMILES string of the molecule is O=C(O)CC1(NC(=O)CCn2cnc3ccccc3c2=O)CCC1. The first-order valence-corrected chi connectivity index (χ1v) is 7.96. The van der Waals surface area contributed by atoms with Crippen LogP contribution in [0, 0.1) is 0 Å². The molecule has 2 aromatic rings. The highest BCUT2D eigenvalue weighted by Crippen LogP contribution is 2.34. The summed E-state index contributed by atoms with van der Waals surface area (Å²) in [6.45, 7) is 0.214. The van der Waals surface area contributed by atoms with Gasteiger partial charge in [0.1, 0.15) is 0 Å². The summed E-state index contributed by atoms with van der Waals surface area (Å²) in [7, 11) is 0. The van der Waals surface area contributed by atoms with Gasteiger partial charge in [-0.05, 0) is 31.4 Å². The Kier molecular flexibility index (Phi) is 4.33. The van der Waals surface area contributed by atoms with Crippen LogP contribution in [-0.4, -0.2) is 32.1 Å². The average Bonchev–Trinajstić information content (AvgIpc) is 2.52. The fourth-order valence-electron chi connectivity index (χ4n) is 3.08. The van der Waals surface area contributed by atoms with E-state index in [2.05, 4.69) is 10.3 Å². The number of carboxylic acids is 1. The molecule has 0 aliphatic heterocycles. The predicted molar refractivity (Wildman–Crippen MR) is 87.6 cm³/mol. The second-order valence-electron chi connectivity index (χ2n) is 6.26. The van der Waals surface area contributed by atoms with Gasteiger partial charge in [-0.25, -0.2) is 4.98 Å². The molecule has 126 valence electrons. The van der Waals surface area contributed by atoms with E-state index in [9.17, 15) is 14.4 Å². The van der Waals surface area contributed by atoms with Crippen LogP contribution in [0.3, 0.4) is 0 Å². The maximum Gasteiger partial charge on any atom is 0.305 e. The van der Waals surface area contributed by atoms with E-state index in [1.54, 1.807) is 18.2 Å². The molecule has 7 heteroatoms. The zero-order valence-corrected chi connectivity index (χ0v) is 13.2. The van der Waals surface area contributed by atoms with Crippen molar-refractivity contribution in [1.29, 1.82) is 0 Å². The summed E-state index contributed by atoms with van der Waals surface area (Å²) < 4.78 is 1.41. The molecule has 24 heavy (non-hydrogen) atoms. The van der Waals surface area contributed by atoms with Crippen molar-refractivity contribution in [3.8, 4) is 0 Å². The van der Waals surface area contributed by atoms with E-state index >= 15 is 0 Å². The number of para-hydroxylation sites is 1. The molecule has 0 bridgehead atoms. The van der Waals surface area contributed by atoms with Gasteiger partial charge in [0.2, 0.25) is 5.91 Å². The number of benzene rings is 1. The van der Waals surface area contributed by atoms with Gasteiger partial charge in [0.25, 0.3) is 5.56 Å². The van der Waals surface area contributed by atoms with Gasteiger partial charge in [-0.2, -0.15) is 0 Å². The maximum atomic E-state index is 12.4. The second kappa shape index (κ2) is 6.43. The summed E-state index contributed by atoms with van der Waals surface area (Å²) in [4.78, 5) is 39.6. The Bertz CT molecular complexity index is 839. The van der Waals surface area contributed by atoms with Crippen LogP contribution in [0.15, 0.2) is 35.4 Å². The summed E-state index contributed by atoms with van der Waals surface area (Å²) in [5, 5.41) is 12.3. The van der Waals surface area contributed by atoms with Gasteiger partial charge in [0.15, 0.2) is 0 Å². The molecule has 0 spiro atoms. The van der Waals surface area contributed by atoms with E-state index < -0.39 is 11.5 Å². The number of carbonyl (C=O) groups excluding carboxylic acids is 1. The van der Waals surface area contributed by atoms with Crippen LogP contribution in [0.1, 0.15) is 32.1 Å². The molecule has 1 aliphatic rings. The number of nitrogens with zero attached hydrogens (tertiary/aromatic N) is 2. The lowest BCUT2D eigenvalue weighted by molar-refractivity contribution is -0.140. The van der Waals surface area contributed by atoms with Crippen molar-refractivity contribution >= 4 is 22.8 Å². The van der Waals surface area contributed by atoms with E-state index in [1.807, 2.05) is 6.07 Å². The predicted octanol–water partition coefficient (Wildman–Crippen LogP) is 1.30. The standard InChI is InChI=1S/C17H19N3O4/c21-14(19-17(7-3-8-17)10-15(22)23)6-9-20-11-18-13-5-2-1-4-12(13)16(20)24/h1-2,4-5,11H,3,6-10H2,(H,19,21)(H,22,23). The number of amides is 1. The van der Waals surface area contributed by atoms with Crippen LogP contribution in [-0.2, 0) is 16.1 Å². The lowest BCUT2D eigenvalue weighted by atomic mass is 9.74. The van der Waals surface area contributed by atoms with Crippen molar-refractivity contribution in [3.63, 3.8) is 0 Å². The van der Waals surface area contributed by atoms with Crippen LogP contribution in [0.25, 0.3) is 10.9 Å². The minimum atomic E-state index is -0.912. The van der Waals surface area contributed by atoms with Crippen molar-refractivity contribution in [3.05, 3.63) is 40.9 Å². The molecule has 3 rings (SSSR count). The van der Waals surface area contributed by atoms with Gasteiger partial charge in [0, 0.05) is 13.0 Å². The molecular formula is C17H19N3O4. The molecule has 1 saturated carbocycles. The number of carboxylic acid groups (broad SMARTS) is 1. The molecule has 1 fully saturated rings. The number of aryl methyl sites for hydroxylation is 1. The molecule has 1 aliphatic carbocycles. The summed E-state index contributed by atoms with van der Waals surface area (Å²) >= 11 is 0. The van der Waals surface area contributed by atoms with Gasteiger partial charge in [0.05, 0.1) is 29.2 Å². The highest BCUT2D eigenvalue weighted by molar-refractivity contribution is 5.79. The molecule has 0 unspecified atom stereocenters. The third kappa shape index (κ3) is 3.29. The van der Waals surface area contributed by atoms with Gasteiger partial charge in [-0.1, -0.05) is 12.1 Å². The van der Waals surface area contributed by atoms with Crippen molar-refractivity contribution in [2.75, 3.05) is 0 Å². The number of rotatable bonds is 6. The molecule has 0 atom stereocenters. The van der Waals surface area contributed by atoms with Crippen molar-refractivity contribution in [1.82, 2.24) is 14.9 Å². The Labute approximate surface area is 138 Å². The van der Waals surface area contributed by atoms with Crippen LogP contribution in [0.5, 0.6) is 0 Å². The quantitative estimate of drug-likeness (QED) is 0.832. The molecule has 1 aromatic heterocycles. The molecule has 0 radical (unpaired) electrons. The Morgan fingerprint density at radius 3 is 2.71 bits per heavy atom. The maximum absolute atomic E-state index is 12.4. The van der Waals surface area contributed by atoms with E-state index in [0.717, 1.165) is 6.42 Å².